The maximum absolute atomic E-state index is 12.4. The Kier molecular flexibility index (Phi) is 6.11. The Bertz CT molecular complexity index is 1100. The van der Waals surface area contributed by atoms with Crippen molar-refractivity contribution in [1.29, 1.82) is 0 Å². The number of rotatable bonds is 7. The number of benzene rings is 2. The van der Waals surface area contributed by atoms with Crippen LogP contribution in [0.1, 0.15) is 21.7 Å². The molecule has 1 heterocycles. The first kappa shape index (κ1) is 20.0. The SMILES string of the molecule is CS(=O)(=O)c1ccc(C(=O)Nc2cccc(CS(=O)Cc3ccccc3)c2)o1. The lowest BCUT2D eigenvalue weighted by molar-refractivity contribution is 0.0991. The van der Waals surface area contributed by atoms with Crippen LogP contribution in [-0.4, -0.2) is 24.8 Å². The second-order valence-electron chi connectivity index (χ2n) is 6.26. The van der Waals surface area contributed by atoms with Crippen LogP contribution in [-0.2, 0) is 32.1 Å². The van der Waals surface area contributed by atoms with Crippen molar-refractivity contribution in [2.75, 3.05) is 11.6 Å². The molecule has 0 saturated carbocycles. The van der Waals surface area contributed by atoms with Crippen molar-refractivity contribution < 1.29 is 21.8 Å². The van der Waals surface area contributed by atoms with Crippen LogP contribution < -0.4 is 5.32 Å². The molecular weight excluding hydrogens is 398 g/mol. The van der Waals surface area contributed by atoms with Crippen molar-refractivity contribution >= 4 is 32.2 Å². The lowest BCUT2D eigenvalue weighted by Gasteiger charge is -2.07. The Balaban J connectivity index is 1.65. The molecule has 0 aliphatic carbocycles. The van der Waals surface area contributed by atoms with Crippen LogP contribution in [0.3, 0.4) is 0 Å². The van der Waals surface area contributed by atoms with Crippen LogP contribution in [0.2, 0.25) is 0 Å². The van der Waals surface area contributed by atoms with Gasteiger partial charge in [-0.3, -0.25) is 9.00 Å². The van der Waals surface area contributed by atoms with Crippen molar-refractivity contribution in [2.45, 2.75) is 16.6 Å². The molecule has 28 heavy (non-hydrogen) atoms. The van der Waals surface area contributed by atoms with Crippen molar-refractivity contribution in [1.82, 2.24) is 0 Å². The van der Waals surface area contributed by atoms with Crippen molar-refractivity contribution in [2.24, 2.45) is 0 Å². The molecule has 3 aromatic rings. The smallest absolute Gasteiger partial charge is 0.291 e. The molecule has 1 atom stereocenters. The summed E-state index contributed by atoms with van der Waals surface area (Å²) in [5.74, 6) is 0.159. The summed E-state index contributed by atoms with van der Waals surface area (Å²) >= 11 is 0. The summed E-state index contributed by atoms with van der Waals surface area (Å²) in [6, 6.07) is 19.2. The highest BCUT2D eigenvalue weighted by Gasteiger charge is 2.17. The van der Waals surface area contributed by atoms with E-state index in [0.717, 1.165) is 17.4 Å². The fourth-order valence-corrected chi connectivity index (χ4v) is 4.34. The van der Waals surface area contributed by atoms with Crippen LogP contribution in [0.15, 0.2) is 76.2 Å². The Hall–Kier alpha value is -2.71. The van der Waals surface area contributed by atoms with E-state index >= 15 is 0 Å². The van der Waals surface area contributed by atoms with E-state index in [4.69, 9.17) is 4.42 Å². The first-order valence-electron chi connectivity index (χ1n) is 8.40. The summed E-state index contributed by atoms with van der Waals surface area (Å²) in [5, 5.41) is 2.40. The average Bonchev–Trinajstić information content (AvgIpc) is 3.13. The number of carbonyl (C=O) groups excluding carboxylic acids is 1. The molecule has 0 fully saturated rings. The molecule has 0 aliphatic heterocycles. The topological polar surface area (TPSA) is 93.5 Å². The Labute approximate surface area is 166 Å². The van der Waals surface area contributed by atoms with E-state index in [1.807, 2.05) is 36.4 Å². The fourth-order valence-electron chi connectivity index (χ4n) is 2.57. The van der Waals surface area contributed by atoms with Gasteiger partial charge in [0.2, 0.25) is 14.9 Å². The summed E-state index contributed by atoms with van der Waals surface area (Å²) < 4.78 is 40.4. The van der Waals surface area contributed by atoms with E-state index in [1.165, 1.54) is 12.1 Å². The third-order valence-corrected chi connectivity index (χ3v) is 6.11. The van der Waals surface area contributed by atoms with Crippen LogP contribution >= 0.6 is 0 Å². The molecule has 0 saturated heterocycles. The number of furan rings is 1. The molecule has 3 rings (SSSR count). The molecular formula is C20H19NO5S2. The van der Waals surface area contributed by atoms with Crippen LogP contribution in [0.25, 0.3) is 0 Å². The summed E-state index contributed by atoms with van der Waals surface area (Å²) in [6.45, 7) is 0. The molecule has 0 bridgehead atoms. The number of anilines is 1. The molecule has 146 valence electrons. The second kappa shape index (κ2) is 8.53. The molecule has 8 heteroatoms. The first-order chi connectivity index (χ1) is 13.3. The number of sulfone groups is 1. The Morgan fingerprint density at radius 1 is 0.964 bits per heavy atom. The molecule has 1 aromatic heterocycles. The van der Waals surface area contributed by atoms with E-state index < -0.39 is 26.5 Å². The van der Waals surface area contributed by atoms with Crippen LogP contribution in [0.5, 0.6) is 0 Å². The summed E-state index contributed by atoms with van der Waals surface area (Å²) in [6.07, 6.45) is 1.01. The van der Waals surface area contributed by atoms with Gasteiger partial charge in [-0.05, 0) is 35.4 Å². The van der Waals surface area contributed by atoms with E-state index in [-0.39, 0.29) is 10.9 Å². The molecule has 0 spiro atoms. The van der Waals surface area contributed by atoms with E-state index in [9.17, 15) is 17.4 Å². The predicted molar refractivity (Wildman–Crippen MR) is 108 cm³/mol. The standard InChI is InChI=1S/C20H19NO5S2/c1-28(24,25)19-11-10-18(26-19)20(22)21-17-9-5-8-16(12-17)14-27(23)13-15-6-3-2-4-7-15/h2-12H,13-14H2,1H3,(H,21,22). The lowest BCUT2D eigenvalue weighted by atomic mass is 10.2. The number of carbonyl (C=O) groups is 1. The molecule has 0 radical (unpaired) electrons. The maximum atomic E-state index is 12.4. The van der Waals surface area contributed by atoms with Gasteiger partial charge in [0, 0.05) is 34.2 Å². The second-order valence-corrected chi connectivity index (χ2v) is 9.66. The normalized spacial score (nSPS) is 12.5. The van der Waals surface area contributed by atoms with E-state index in [2.05, 4.69) is 5.32 Å². The minimum atomic E-state index is -3.51. The third kappa shape index (κ3) is 5.40. The average molecular weight is 418 g/mol. The number of hydrogen-bond acceptors (Lipinski definition) is 5. The highest BCUT2D eigenvalue weighted by molar-refractivity contribution is 7.90. The van der Waals surface area contributed by atoms with Gasteiger partial charge in [-0.15, -0.1) is 0 Å². The van der Waals surface area contributed by atoms with Gasteiger partial charge in [-0.25, -0.2) is 8.42 Å². The zero-order chi connectivity index (χ0) is 20.1. The summed E-state index contributed by atoms with van der Waals surface area (Å²) in [7, 11) is -4.60. The van der Waals surface area contributed by atoms with Crippen LogP contribution in [0, 0.1) is 0 Å². The molecule has 2 aromatic carbocycles. The van der Waals surface area contributed by atoms with Crippen molar-refractivity contribution in [3.63, 3.8) is 0 Å². The quantitative estimate of drug-likeness (QED) is 0.636. The van der Waals surface area contributed by atoms with E-state index in [0.29, 0.717) is 17.2 Å². The van der Waals surface area contributed by atoms with Gasteiger partial charge in [0.05, 0.1) is 0 Å². The largest absolute Gasteiger partial charge is 0.440 e. The number of amides is 1. The minimum absolute atomic E-state index is 0.0986. The molecule has 1 unspecified atom stereocenters. The van der Waals surface area contributed by atoms with Gasteiger partial charge in [0.1, 0.15) is 0 Å². The van der Waals surface area contributed by atoms with Gasteiger partial charge in [-0.1, -0.05) is 42.5 Å². The predicted octanol–water partition coefficient (Wildman–Crippen LogP) is 3.38. The van der Waals surface area contributed by atoms with Gasteiger partial charge in [0.25, 0.3) is 5.91 Å². The highest BCUT2D eigenvalue weighted by Crippen LogP contribution is 2.18. The minimum Gasteiger partial charge on any atom is -0.440 e. The zero-order valence-electron chi connectivity index (χ0n) is 15.1. The molecule has 1 amide bonds. The monoisotopic (exact) mass is 417 g/mol. The first-order valence-corrected chi connectivity index (χ1v) is 11.8. The summed E-state index contributed by atoms with van der Waals surface area (Å²) in [5.41, 5.74) is 2.34. The lowest BCUT2D eigenvalue weighted by Crippen LogP contribution is -2.11. The molecule has 0 aliphatic rings. The van der Waals surface area contributed by atoms with Gasteiger partial charge in [0.15, 0.2) is 5.76 Å². The van der Waals surface area contributed by atoms with Gasteiger partial charge >= 0.3 is 0 Å². The molecule has 6 nitrogen and oxygen atoms in total. The summed E-state index contributed by atoms with van der Waals surface area (Å²) in [4.78, 5) is 12.3. The van der Waals surface area contributed by atoms with E-state index in [1.54, 1.807) is 18.2 Å². The zero-order valence-corrected chi connectivity index (χ0v) is 16.8. The fraction of sp³-hybridized carbons (Fsp3) is 0.150. The maximum Gasteiger partial charge on any atom is 0.291 e. The Morgan fingerprint density at radius 2 is 1.64 bits per heavy atom. The third-order valence-electron chi connectivity index (χ3n) is 3.85. The van der Waals surface area contributed by atoms with Crippen LogP contribution in [0.4, 0.5) is 5.69 Å². The van der Waals surface area contributed by atoms with Gasteiger partial charge in [-0.2, -0.15) is 0 Å². The highest BCUT2D eigenvalue weighted by atomic mass is 32.2. The van der Waals surface area contributed by atoms with Crippen molar-refractivity contribution in [3.8, 4) is 0 Å². The number of nitrogens with one attached hydrogen (secondary N) is 1. The Morgan fingerprint density at radius 3 is 2.32 bits per heavy atom. The molecule has 1 N–H and O–H groups in total. The van der Waals surface area contributed by atoms with Crippen molar-refractivity contribution in [3.05, 3.63) is 83.6 Å². The number of hydrogen-bond donors (Lipinski definition) is 1. The van der Waals surface area contributed by atoms with Gasteiger partial charge < -0.3 is 9.73 Å².